The van der Waals surface area contributed by atoms with Crippen LogP contribution in [0.4, 0.5) is 5.95 Å². The van der Waals surface area contributed by atoms with Crippen molar-refractivity contribution in [3.05, 3.63) is 64.7 Å². The van der Waals surface area contributed by atoms with Crippen LogP contribution in [-0.4, -0.2) is 61.4 Å². The number of aromatic nitrogens is 4. The first kappa shape index (κ1) is 24.9. The summed E-state index contributed by atoms with van der Waals surface area (Å²) in [4.78, 5) is 40.5. The van der Waals surface area contributed by atoms with Crippen molar-refractivity contribution in [1.29, 1.82) is 0 Å². The lowest BCUT2D eigenvalue weighted by Crippen LogP contribution is -2.55. The molecule has 9 heteroatoms. The van der Waals surface area contributed by atoms with Crippen LogP contribution < -0.4 is 11.0 Å². The Morgan fingerprint density at radius 1 is 1.18 bits per heavy atom. The largest absolute Gasteiger partial charge is 0.348 e. The number of nitrogens with one attached hydrogen (secondary N) is 2. The molecule has 3 saturated carbocycles. The van der Waals surface area contributed by atoms with Gasteiger partial charge in [-0.2, -0.15) is 4.98 Å². The smallest absolute Gasteiger partial charge is 0.327 e. The summed E-state index contributed by atoms with van der Waals surface area (Å²) in [6, 6.07) is 9.34. The molecular weight excluding hydrogens is 478 g/mol. The molecule has 4 aliphatic rings. The van der Waals surface area contributed by atoms with Gasteiger partial charge in [-0.05, 0) is 68.1 Å². The predicted molar refractivity (Wildman–Crippen MR) is 148 cm³/mol. The standard InChI is InChI=1S/C29H37N7O2/c1-4-25(37)35-12-10-34(11-13-35)24(17-29-14-20(15-29)16-29)22-8-6-21(7-9-22)19(3)31-27-30-18-23-26(33-27)36(5-2)28(38)32-23/h4,6-9,18-20,24H,1,5,10-17H2,2-3H3,(H,32,38)(H,30,31,33)/t19-,20?,24-,29?/m0/s1. The van der Waals surface area contributed by atoms with Crippen molar-refractivity contribution in [2.75, 3.05) is 31.5 Å². The first-order valence-corrected chi connectivity index (χ1v) is 13.9. The van der Waals surface area contributed by atoms with Gasteiger partial charge in [0.1, 0.15) is 5.52 Å². The molecule has 2 atom stereocenters. The van der Waals surface area contributed by atoms with Crippen molar-refractivity contribution >= 4 is 23.0 Å². The lowest BCUT2D eigenvalue weighted by atomic mass is 9.42. The van der Waals surface area contributed by atoms with E-state index in [-0.39, 0.29) is 17.6 Å². The zero-order valence-corrected chi connectivity index (χ0v) is 22.3. The van der Waals surface area contributed by atoms with E-state index in [0.717, 1.165) is 37.7 Å². The number of hydrogen-bond donors (Lipinski definition) is 2. The summed E-state index contributed by atoms with van der Waals surface area (Å²) < 4.78 is 1.61. The monoisotopic (exact) mass is 515 g/mol. The van der Waals surface area contributed by atoms with E-state index in [2.05, 4.69) is 62.9 Å². The van der Waals surface area contributed by atoms with E-state index >= 15 is 0 Å². The lowest BCUT2D eigenvalue weighted by Gasteiger charge is -2.64. The molecular formula is C29H37N7O2. The van der Waals surface area contributed by atoms with Crippen LogP contribution in [0.5, 0.6) is 0 Å². The summed E-state index contributed by atoms with van der Waals surface area (Å²) in [7, 11) is 0. The van der Waals surface area contributed by atoms with Crippen LogP contribution in [0.25, 0.3) is 11.2 Å². The number of rotatable bonds is 9. The molecule has 0 radical (unpaired) electrons. The number of anilines is 1. The first-order valence-electron chi connectivity index (χ1n) is 13.9. The molecule has 3 aromatic rings. The molecule has 2 aromatic heterocycles. The minimum Gasteiger partial charge on any atom is -0.348 e. The van der Waals surface area contributed by atoms with Crippen LogP contribution >= 0.6 is 0 Å². The third-order valence-corrected chi connectivity index (χ3v) is 9.03. The minimum atomic E-state index is -0.167. The predicted octanol–water partition coefficient (Wildman–Crippen LogP) is 3.87. The van der Waals surface area contributed by atoms with Gasteiger partial charge >= 0.3 is 5.69 Å². The highest BCUT2D eigenvalue weighted by Gasteiger charge is 2.57. The second kappa shape index (κ2) is 9.69. The van der Waals surface area contributed by atoms with E-state index < -0.39 is 0 Å². The fourth-order valence-electron chi connectivity index (χ4n) is 6.75. The topological polar surface area (TPSA) is 99.2 Å². The summed E-state index contributed by atoms with van der Waals surface area (Å²) in [6.07, 6.45) is 8.44. The van der Waals surface area contributed by atoms with E-state index in [9.17, 15) is 9.59 Å². The van der Waals surface area contributed by atoms with E-state index in [0.29, 0.717) is 35.1 Å². The molecule has 4 fully saturated rings. The molecule has 1 saturated heterocycles. The fourth-order valence-corrected chi connectivity index (χ4v) is 6.75. The van der Waals surface area contributed by atoms with Gasteiger partial charge in [0.2, 0.25) is 11.9 Å². The van der Waals surface area contributed by atoms with E-state index in [4.69, 9.17) is 0 Å². The van der Waals surface area contributed by atoms with Gasteiger partial charge in [-0.15, -0.1) is 0 Å². The average Bonchev–Trinajstić information content (AvgIpc) is 3.21. The van der Waals surface area contributed by atoms with Gasteiger partial charge < -0.3 is 15.2 Å². The molecule has 3 heterocycles. The molecule has 9 nitrogen and oxygen atoms in total. The highest BCUT2D eigenvalue weighted by Crippen LogP contribution is 2.68. The number of carbonyl (C=O) groups excluding carboxylic acids is 1. The Morgan fingerprint density at radius 3 is 2.47 bits per heavy atom. The van der Waals surface area contributed by atoms with E-state index in [1.807, 2.05) is 11.8 Å². The average molecular weight is 516 g/mol. The third kappa shape index (κ3) is 4.42. The fraction of sp³-hybridized carbons (Fsp3) is 0.517. The number of piperazine rings is 1. The molecule has 1 aromatic carbocycles. The van der Waals surface area contributed by atoms with Crippen LogP contribution in [-0.2, 0) is 11.3 Å². The molecule has 1 aliphatic heterocycles. The minimum absolute atomic E-state index is 0.00627. The Bertz CT molecular complexity index is 1380. The summed E-state index contributed by atoms with van der Waals surface area (Å²) in [5, 5.41) is 3.40. The normalized spacial score (nSPS) is 24.4. The van der Waals surface area contributed by atoms with E-state index in [1.54, 1.807) is 10.8 Å². The van der Waals surface area contributed by atoms with Crippen LogP contribution in [0.2, 0.25) is 0 Å². The number of H-pyrrole nitrogens is 1. The second-order valence-electron chi connectivity index (χ2n) is 11.4. The number of carbonyl (C=O) groups is 1. The van der Waals surface area contributed by atoms with Gasteiger partial charge in [-0.1, -0.05) is 30.8 Å². The van der Waals surface area contributed by atoms with Gasteiger partial charge in [-0.3, -0.25) is 14.3 Å². The molecule has 38 heavy (non-hydrogen) atoms. The summed E-state index contributed by atoms with van der Waals surface area (Å²) in [6.45, 7) is 11.5. The number of fused-ring (bicyclic) bond motifs is 1. The molecule has 2 bridgehead atoms. The first-order chi connectivity index (χ1) is 18.4. The van der Waals surface area contributed by atoms with Crippen LogP contribution in [0, 0.1) is 11.3 Å². The Labute approximate surface area is 223 Å². The number of aromatic amines is 1. The summed E-state index contributed by atoms with van der Waals surface area (Å²) in [5.74, 6) is 1.50. The molecule has 200 valence electrons. The Kier molecular flexibility index (Phi) is 6.34. The molecule has 1 amide bonds. The third-order valence-electron chi connectivity index (χ3n) is 9.03. The van der Waals surface area contributed by atoms with Crippen molar-refractivity contribution in [2.24, 2.45) is 11.3 Å². The maximum absolute atomic E-state index is 12.1. The zero-order valence-electron chi connectivity index (χ0n) is 22.3. The van der Waals surface area contributed by atoms with Crippen LogP contribution in [0.15, 0.2) is 47.9 Å². The Morgan fingerprint density at radius 2 is 1.87 bits per heavy atom. The molecule has 2 N–H and O–H groups in total. The van der Waals surface area contributed by atoms with Gasteiger partial charge in [-0.25, -0.2) is 9.78 Å². The second-order valence-corrected chi connectivity index (χ2v) is 11.4. The Balaban J connectivity index is 1.17. The van der Waals surface area contributed by atoms with Gasteiger partial charge in [0.25, 0.3) is 0 Å². The summed E-state index contributed by atoms with van der Waals surface area (Å²) in [5.41, 5.74) is 4.13. The zero-order chi connectivity index (χ0) is 26.4. The number of nitrogens with zero attached hydrogens (tertiary/aromatic N) is 5. The highest BCUT2D eigenvalue weighted by molar-refractivity contribution is 5.87. The summed E-state index contributed by atoms with van der Waals surface area (Å²) >= 11 is 0. The Hall–Kier alpha value is -3.46. The molecule has 0 unspecified atom stereocenters. The quantitative estimate of drug-likeness (QED) is 0.420. The number of imidazole rings is 1. The number of amides is 1. The van der Waals surface area contributed by atoms with Crippen molar-refractivity contribution in [3.63, 3.8) is 0 Å². The van der Waals surface area contributed by atoms with Crippen molar-refractivity contribution in [3.8, 4) is 0 Å². The van der Waals surface area contributed by atoms with E-state index in [1.165, 1.54) is 37.3 Å². The van der Waals surface area contributed by atoms with Gasteiger partial charge in [0.05, 0.1) is 12.2 Å². The molecule has 0 spiro atoms. The van der Waals surface area contributed by atoms with Gasteiger partial charge in [0.15, 0.2) is 5.65 Å². The maximum atomic E-state index is 12.1. The van der Waals surface area contributed by atoms with Gasteiger partial charge in [0, 0.05) is 38.8 Å². The SMILES string of the molecule is C=CC(=O)N1CCN([C@@H](CC23CC(C2)C3)c2ccc([C@H](C)Nc3ncc4[nH]c(=O)n(CC)c4n3)cc2)CC1. The van der Waals surface area contributed by atoms with Crippen molar-refractivity contribution in [2.45, 2.75) is 58.2 Å². The van der Waals surface area contributed by atoms with Crippen molar-refractivity contribution in [1.82, 2.24) is 29.3 Å². The number of hydrogen-bond acceptors (Lipinski definition) is 6. The highest BCUT2D eigenvalue weighted by atomic mass is 16.2. The number of benzene rings is 1. The van der Waals surface area contributed by atoms with Crippen molar-refractivity contribution < 1.29 is 4.79 Å². The maximum Gasteiger partial charge on any atom is 0.327 e. The van der Waals surface area contributed by atoms with Crippen LogP contribution in [0.1, 0.15) is 62.7 Å². The lowest BCUT2D eigenvalue weighted by molar-refractivity contribution is -0.134. The number of aryl methyl sites for hydroxylation is 1. The molecule has 3 aliphatic carbocycles. The van der Waals surface area contributed by atoms with Crippen LogP contribution in [0.3, 0.4) is 0 Å². The molecule has 7 rings (SSSR count).